The lowest BCUT2D eigenvalue weighted by Gasteiger charge is -2.15. The van der Waals surface area contributed by atoms with Crippen molar-refractivity contribution in [2.24, 2.45) is 7.05 Å². The van der Waals surface area contributed by atoms with Crippen LogP contribution in [0.25, 0.3) is 0 Å². The molecule has 4 heteroatoms. The Labute approximate surface area is 119 Å². The third-order valence-corrected chi connectivity index (χ3v) is 3.91. The average Bonchev–Trinajstić information content (AvgIpc) is 2.62. The number of hydrogen-bond donors (Lipinski definition) is 1. The van der Waals surface area contributed by atoms with Crippen molar-refractivity contribution in [2.75, 3.05) is 0 Å². The predicted molar refractivity (Wildman–Crippen MR) is 79.4 cm³/mol. The van der Waals surface area contributed by atoms with Gasteiger partial charge < -0.3 is 5.32 Å². The summed E-state index contributed by atoms with van der Waals surface area (Å²) < 4.78 is 1.84. The monoisotopic (exact) mass is 277 g/mol. The number of nitrogens with one attached hydrogen (secondary N) is 1. The first kappa shape index (κ1) is 14.1. The Balaban J connectivity index is 2.04. The van der Waals surface area contributed by atoms with E-state index < -0.39 is 0 Å². The van der Waals surface area contributed by atoms with Gasteiger partial charge in [-0.3, -0.25) is 4.68 Å². The fraction of sp³-hybridized carbons (Fsp3) is 0.400. The lowest BCUT2D eigenvalue weighted by Crippen LogP contribution is -2.20. The second kappa shape index (κ2) is 5.76. The molecular weight excluding hydrogens is 258 g/mol. The summed E-state index contributed by atoms with van der Waals surface area (Å²) in [5, 5.41) is 8.56. The van der Waals surface area contributed by atoms with Crippen molar-refractivity contribution in [3.8, 4) is 0 Å². The topological polar surface area (TPSA) is 29.9 Å². The molecule has 1 heterocycles. The lowest BCUT2D eigenvalue weighted by atomic mass is 10.1. The second-order valence-corrected chi connectivity index (χ2v) is 5.36. The highest BCUT2D eigenvalue weighted by Crippen LogP contribution is 2.20. The molecule has 0 amide bonds. The van der Waals surface area contributed by atoms with Gasteiger partial charge in [0.2, 0.25) is 0 Å². The largest absolute Gasteiger partial charge is 0.305 e. The van der Waals surface area contributed by atoms with E-state index in [0.29, 0.717) is 6.54 Å². The van der Waals surface area contributed by atoms with Gasteiger partial charge in [-0.2, -0.15) is 5.10 Å². The standard InChI is InChI=1S/C15H20ClN3/c1-10-5-7-13(8-6-10)11(2)17-9-14-15(16)12(3)18-19(14)4/h5-8,11,17H,9H2,1-4H3/t11-/m1/s1. The van der Waals surface area contributed by atoms with Crippen LogP contribution in [0.3, 0.4) is 0 Å². The number of aromatic nitrogens is 2. The highest BCUT2D eigenvalue weighted by atomic mass is 35.5. The van der Waals surface area contributed by atoms with Crippen molar-refractivity contribution in [2.45, 2.75) is 33.4 Å². The molecule has 19 heavy (non-hydrogen) atoms. The molecule has 1 N–H and O–H groups in total. The van der Waals surface area contributed by atoms with Crippen LogP contribution in [0.15, 0.2) is 24.3 Å². The van der Waals surface area contributed by atoms with Crippen LogP contribution in [0.2, 0.25) is 5.02 Å². The Bertz CT molecular complexity index is 558. The van der Waals surface area contributed by atoms with Gasteiger partial charge in [0, 0.05) is 19.6 Å². The van der Waals surface area contributed by atoms with Crippen LogP contribution < -0.4 is 5.32 Å². The molecule has 0 aliphatic carbocycles. The molecule has 0 aliphatic heterocycles. The molecule has 102 valence electrons. The summed E-state index contributed by atoms with van der Waals surface area (Å²) in [5.74, 6) is 0. The quantitative estimate of drug-likeness (QED) is 0.926. The van der Waals surface area contributed by atoms with E-state index in [1.165, 1.54) is 11.1 Å². The van der Waals surface area contributed by atoms with E-state index in [-0.39, 0.29) is 6.04 Å². The molecule has 0 unspecified atom stereocenters. The molecule has 1 aromatic heterocycles. The molecule has 1 atom stereocenters. The molecule has 0 aliphatic rings. The van der Waals surface area contributed by atoms with Crippen molar-refractivity contribution in [1.29, 1.82) is 0 Å². The number of rotatable bonds is 4. The van der Waals surface area contributed by atoms with Gasteiger partial charge in [-0.15, -0.1) is 0 Å². The van der Waals surface area contributed by atoms with E-state index in [2.05, 4.69) is 48.5 Å². The van der Waals surface area contributed by atoms with Gasteiger partial charge in [0.15, 0.2) is 0 Å². The molecule has 0 bridgehead atoms. The molecule has 0 saturated heterocycles. The van der Waals surface area contributed by atoms with Crippen molar-refractivity contribution >= 4 is 11.6 Å². The molecule has 0 spiro atoms. The zero-order valence-corrected chi connectivity index (χ0v) is 12.6. The van der Waals surface area contributed by atoms with Gasteiger partial charge in [0.05, 0.1) is 16.4 Å². The average molecular weight is 278 g/mol. The third-order valence-electron chi connectivity index (χ3n) is 3.41. The summed E-state index contributed by atoms with van der Waals surface area (Å²) in [6, 6.07) is 8.86. The summed E-state index contributed by atoms with van der Waals surface area (Å²) >= 11 is 6.24. The van der Waals surface area contributed by atoms with Gasteiger partial charge in [-0.25, -0.2) is 0 Å². The van der Waals surface area contributed by atoms with Crippen LogP contribution in [-0.2, 0) is 13.6 Å². The maximum atomic E-state index is 6.24. The van der Waals surface area contributed by atoms with Crippen LogP contribution in [0, 0.1) is 13.8 Å². The molecule has 3 nitrogen and oxygen atoms in total. The minimum absolute atomic E-state index is 0.284. The maximum Gasteiger partial charge on any atom is 0.0860 e. The minimum atomic E-state index is 0.284. The maximum absolute atomic E-state index is 6.24. The molecule has 2 rings (SSSR count). The first-order valence-corrected chi connectivity index (χ1v) is 6.84. The first-order chi connectivity index (χ1) is 8.99. The SMILES string of the molecule is Cc1ccc([C@@H](C)NCc2c(Cl)c(C)nn2C)cc1. The summed E-state index contributed by atoms with van der Waals surface area (Å²) in [4.78, 5) is 0. The third kappa shape index (κ3) is 3.17. The highest BCUT2D eigenvalue weighted by molar-refractivity contribution is 6.31. The van der Waals surface area contributed by atoms with E-state index >= 15 is 0 Å². The molecule has 0 saturated carbocycles. The first-order valence-electron chi connectivity index (χ1n) is 6.47. The van der Waals surface area contributed by atoms with Gasteiger partial charge in [0.25, 0.3) is 0 Å². The molecule has 2 aromatic rings. The Hall–Kier alpha value is -1.32. The fourth-order valence-corrected chi connectivity index (χ4v) is 2.32. The van der Waals surface area contributed by atoms with E-state index in [4.69, 9.17) is 11.6 Å². The van der Waals surface area contributed by atoms with Gasteiger partial charge in [-0.05, 0) is 26.3 Å². The number of halogens is 1. The van der Waals surface area contributed by atoms with Crippen molar-refractivity contribution in [1.82, 2.24) is 15.1 Å². The number of hydrogen-bond acceptors (Lipinski definition) is 2. The van der Waals surface area contributed by atoms with Crippen LogP contribution in [-0.4, -0.2) is 9.78 Å². The van der Waals surface area contributed by atoms with E-state index in [1.54, 1.807) is 0 Å². The Kier molecular flexibility index (Phi) is 4.27. The number of benzene rings is 1. The molecule has 0 fully saturated rings. The number of aryl methyl sites for hydroxylation is 3. The van der Waals surface area contributed by atoms with Crippen LogP contribution >= 0.6 is 11.6 Å². The summed E-state index contributed by atoms with van der Waals surface area (Å²) in [6.07, 6.45) is 0. The van der Waals surface area contributed by atoms with Gasteiger partial charge in [-0.1, -0.05) is 41.4 Å². The fourth-order valence-electron chi connectivity index (χ4n) is 2.09. The molecular formula is C15H20ClN3. The minimum Gasteiger partial charge on any atom is -0.305 e. The van der Waals surface area contributed by atoms with Crippen LogP contribution in [0.1, 0.15) is 35.5 Å². The van der Waals surface area contributed by atoms with Crippen molar-refractivity contribution < 1.29 is 0 Å². The van der Waals surface area contributed by atoms with Crippen LogP contribution in [0.5, 0.6) is 0 Å². The Morgan fingerprint density at radius 1 is 1.26 bits per heavy atom. The lowest BCUT2D eigenvalue weighted by molar-refractivity contribution is 0.548. The van der Waals surface area contributed by atoms with Crippen molar-refractivity contribution in [3.63, 3.8) is 0 Å². The highest BCUT2D eigenvalue weighted by Gasteiger charge is 2.12. The zero-order chi connectivity index (χ0) is 14.0. The zero-order valence-electron chi connectivity index (χ0n) is 11.9. The normalized spacial score (nSPS) is 12.7. The predicted octanol–water partition coefficient (Wildman–Crippen LogP) is 3.54. The smallest absolute Gasteiger partial charge is 0.0860 e. The van der Waals surface area contributed by atoms with Gasteiger partial charge >= 0.3 is 0 Å². The Morgan fingerprint density at radius 2 is 1.89 bits per heavy atom. The summed E-state index contributed by atoms with van der Waals surface area (Å²) in [6.45, 7) is 6.89. The van der Waals surface area contributed by atoms with E-state index in [0.717, 1.165) is 16.4 Å². The van der Waals surface area contributed by atoms with E-state index in [1.807, 2.05) is 18.7 Å². The van der Waals surface area contributed by atoms with Gasteiger partial charge in [0.1, 0.15) is 0 Å². The Morgan fingerprint density at radius 3 is 2.42 bits per heavy atom. The second-order valence-electron chi connectivity index (χ2n) is 4.98. The van der Waals surface area contributed by atoms with E-state index in [9.17, 15) is 0 Å². The number of nitrogens with zero attached hydrogens (tertiary/aromatic N) is 2. The summed E-state index contributed by atoms with van der Waals surface area (Å²) in [5.41, 5.74) is 4.46. The summed E-state index contributed by atoms with van der Waals surface area (Å²) in [7, 11) is 1.92. The van der Waals surface area contributed by atoms with Crippen molar-refractivity contribution in [3.05, 3.63) is 51.8 Å². The molecule has 1 aromatic carbocycles. The molecule has 0 radical (unpaired) electrons. The van der Waals surface area contributed by atoms with Crippen LogP contribution in [0.4, 0.5) is 0 Å².